The number of carbonyl (C=O) groups excluding carboxylic acids is 1. The molecule has 2 aromatic carbocycles. The Balaban J connectivity index is 1.77. The summed E-state index contributed by atoms with van der Waals surface area (Å²) in [6.45, 7) is 0. The number of fused-ring (bicyclic) bond motifs is 1. The average Bonchev–Trinajstić information content (AvgIpc) is 3.41. The van der Waals surface area contributed by atoms with Crippen molar-refractivity contribution in [3.63, 3.8) is 0 Å². The van der Waals surface area contributed by atoms with E-state index in [0.717, 1.165) is 29.4 Å². The molecule has 1 heterocycles. The summed E-state index contributed by atoms with van der Waals surface area (Å²) in [6.07, 6.45) is 2.30. The molecule has 1 aliphatic carbocycles. The number of amides is 1. The lowest BCUT2D eigenvalue weighted by atomic mass is 10.1. The summed E-state index contributed by atoms with van der Waals surface area (Å²) in [5.74, 6) is 0.338. The van der Waals surface area contributed by atoms with Crippen molar-refractivity contribution in [1.29, 1.82) is 0 Å². The molecule has 0 atom stereocenters. The molecule has 23 heavy (non-hydrogen) atoms. The zero-order valence-electron chi connectivity index (χ0n) is 12.4. The van der Waals surface area contributed by atoms with Gasteiger partial charge < -0.3 is 5.32 Å². The van der Waals surface area contributed by atoms with Crippen LogP contribution < -0.4 is 5.32 Å². The topological polar surface area (TPSA) is 42.0 Å². The van der Waals surface area contributed by atoms with E-state index in [1.165, 1.54) is 0 Å². The minimum Gasteiger partial charge on any atom is -0.321 e. The normalized spacial score (nSPS) is 14.0. The summed E-state index contributed by atoms with van der Waals surface area (Å²) in [6, 6.07) is 16.9. The van der Waals surface area contributed by atoms with Crippen LogP contribution in [0.25, 0.3) is 10.9 Å². The molecule has 4 rings (SSSR count). The first kappa shape index (κ1) is 14.2. The summed E-state index contributed by atoms with van der Waals surface area (Å²) < 4.78 is 0. The van der Waals surface area contributed by atoms with Crippen LogP contribution in [0.4, 0.5) is 5.69 Å². The van der Waals surface area contributed by atoms with Gasteiger partial charge >= 0.3 is 0 Å². The molecule has 1 aromatic heterocycles. The maximum atomic E-state index is 12.8. The summed E-state index contributed by atoms with van der Waals surface area (Å²) in [5.41, 5.74) is 3.14. The van der Waals surface area contributed by atoms with E-state index in [0.29, 0.717) is 22.2 Å². The number of halogens is 1. The fourth-order valence-electron chi connectivity index (χ4n) is 2.72. The number of hydrogen-bond donors (Lipinski definition) is 1. The van der Waals surface area contributed by atoms with E-state index in [2.05, 4.69) is 5.32 Å². The van der Waals surface area contributed by atoms with E-state index in [4.69, 9.17) is 16.6 Å². The molecular weight excluding hydrogens is 308 g/mol. The number of nitrogens with zero attached hydrogens (tertiary/aromatic N) is 1. The molecule has 4 heteroatoms. The molecule has 1 saturated carbocycles. The number of benzene rings is 2. The van der Waals surface area contributed by atoms with Crippen LogP contribution in [0.15, 0.2) is 54.6 Å². The number of hydrogen-bond acceptors (Lipinski definition) is 2. The Kier molecular flexibility index (Phi) is 3.50. The maximum absolute atomic E-state index is 12.8. The molecule has 0 aliphatic heterocycles. The van der Waals surface area contributed by atoms with E-state index >= 15 is 0 Å². The van der Waals surface area contributed by atoms with E-state index in [9.17, 15) is 4.79 Å². The number of anilines is 1. The highest BCUT2D eigenvalue weighted by molar-refractivity contribution is 6.34. The third-order valence-electron chi connectivity index (χ3n) is 4.10. The predicted molar refractivity (Wildman–Crippen MR) is 93.1 cm³/mol. The fraction of sp³-hybridized carbons (Fsp3) is 0.158. The molecule has 3 aromatic rings. The summed E-state index contributed by atoms with van der Waals surface area (Å²) in [7, 11) is 0. The van der Waals surface area contributed by atoms with Gasteiger partial charge in [0.05, 0.1) is 21.8 Å². The van der Waals surface area contributed by atoms with Crippen molar-refractivity contribution in [2.45, 2.75) is 18.8 Å². The van der Waals surface area contributed by atoms with Gasteiger partial charge in [0.25, 0.3) is 5.91 Å². The quantitative estimate of drug-likeness (QED) is 0.735. The lowest BCUT2D eigenvalue weighted by Crippen LogP contribution is -2.13. The van der Waals surface area contributed by atoms with Crippen molar-refractivity contribution < 1.29 is 4.79 Å². The molecule has 3 nitrogen and oxygen atoms in total. The minimum absolute atomic E-state index is 0.154. The van der Waals surface area contributed by atoms with Crippen LogP contribution in [-0.2, 0) is 0 Å². The van der Waals surface area contributed by atoms with Crippen LogP contribution in [0.2, 0.25) is 5.02 Å². The minimum atomic E-state index is -0.154. The summed E-state index contributed by atoms with van der Waals surface area (Å²) in [5, 5.41) is 4.30. The molecular formula is C19H15ClN2O. The van der Waals surface area contributed by atoms with E-state index < -0.39 is 0 Å². The lowest BCUT2D eigenvalue weighted by Gasteiger charge is -2.11. The van der Waals surface area contributed by atoms with Crippen LogP contribution in [-0.4, -0.2) is 10.9 Å². The largest absolute Gasteiger partial charge is 0.321 e. The fourth-order valence-corrected chi connectivity index (χ4v) is 2.91. The number of rotatable bonds is 3. The molecule has 1 N–H and O–H groups in total. The van der Waals surface area contributed by atoms with E-state index in [1.807, 2.05) is 42.5 Å². The molecule has 114 valence electrons. The molecule has 1 aliphatic rings. The van der Waals surface area contributed by atoms with Crippen molar-refractivity contribution in [2.75, 3.05) is 5.32 Å². The third kappa shape index (κ3) is 2.80. The first-order valence-corrected chi connectivity index (χ1v) is 8.06. The Hall–Kier alpha value is -2.39. The predicted octanol–water partition coefficient (Wildman–Crippen LogP) is 5.02. The SMILES string of the molecule is O=C(Nc1ccccc1Cl)c1cc(C2CC2)nc2ccccc12. The van der Waals surface area contributed by atoms with Gasteiger partial charge in [0.2, 0.25) is 0 Å². The van der Waals surface area contributed by atoms with Gasteiger partial charge in [0.1, 0.15) is 0 Å². The number of pyridine rings is 1. The van der Waals surface area contributed by atoms with Crippen LogP contribution in [0.5, 0.6) is 0 Å². The van der Waals surface area contributed by atoms with E-state index in [-0.39, 0.29) is 5.91 Å². The van der Waals surface area contributed by atoms with Crippen molar-refractivity contribution in [3.8, 4) is 0 Å². The standard InChI is InChI=1S/C19H15ClN2O/c20-15-6-2-4-8-17(15)22-19(23)14-11-18(12-9-10-12)21-16-7-3-1-5-13(14)16/h1-8,11-12H,9-10H2,(H,22,23). The lowest BCUT2D eigenvalue weighted by molar-refractivity contribution is 0.102. The van der Waals surface area contributed by atoms with Crippen molar-refractivity contribution in [1.82, 2.24) is 4.98 Å². The van der Waals surface area contributed by atoms with Gasteiger partial charge in [-0.3, -0.25) is 9.78 Å². The van der Waals surface area contributed by atoms with Gasteiger partial charge in [0.15, 0.2) is 0 Å². The number of carbonyl (C=O) groups is 1. The number of aromatic nitrogens is 1. The van der Waals surface area contributed by atoms with Crippen LogP contribution in [0, 0.1) is 0 Å². The smallest absolute Gasteiger partial charge is 0.256 e. The maximum Gasteiger partial charge on any atom is 0.256 e. The zero-order chi connectivity index (χ0) is 15.8. The molecule has 0 saturated heterocycles. The molecule has 1 amide bonds. The molecule has 0 bridgehead atoms. The van der Waals surface area contributed by atoms with Crippen LogP contribution >= 0.6 is 11.6 Å². The molecule has 0 spiro atoms. The Bertz CT molecular complexity index is 903. The van der Waals surface area contributed by atoms with Gasteiger partial charge in [-0.15, -0.1) is 0 Å². The summed E-state index contributed by atoms with van der Waals surface area (Å²) in [4.78, 5) is 17.5. The highest BCUT2D eigenvalue weighted by Crippen LogP contribution is 2.40. The van der Waals surface area contributed by atoms with Gasteiger partial charge in [-0.05, 0) is 37.1 Å². The second kappa shape index (κ2) is 5.67. The Morgan fingerprint density at radius 1 is 1.09 bits per heavy atom. The second-order valence-electron chi connectivity index (χ2n) is 5.82. The molecule has 0 unspecified atom stereocenters. The summed E-state index contributed by atoms with van der Waals surface area (Å²) >= 11 is 6.14. The van der Waals surface area contributed by atoms with Crippen LogP contribution in [0.1, 0.15) is 34.8 Å². The number of nitrogens with one attached hydrogen (secondary N) is 1. The second-order valence-corrected chi connectivity index (χ2v) is 6.23. The zero-order valence-corrected chi connectivity index (χ0v) is 13.2. The molecule has 1 fully saturated rings. The first-order valence-electron chi connectivity index (χ1n) is 7.68. The molecule has 0 radical (unpaired) electrons. The van der Waals surface area contributed by atoms with Crippen molar-refractivity contribution in [3.05, 3.63) is 70.9 Å². The monoisotopic (exact) mass is 322 g/mol. The van der Waals surface area contributed by atoms with E-state index in [1.54, 1.807) is 12.1 Å². The Morgan fingerprint density at radius 3 is 2.61 bits per heavy atom. The van der Waals surface area contributed by atoms with Gasteiger partial charge in [0, 0.05) is 17.0 Å². The van der Waals surface area contributed by atoms with Crippen LogP contribution in [0.3, 0.4) is 0 Å². The number of para-hydroxylation sites is 2. The Morgan fingerprint density at radius 2 is 1.83 bits per heavy atom. The highest BCUT2D eigenvalue weighted by Gasteiger charge is 2.27. The van der Waals surface area contributed by atoms with Crippen molar-refractivity contribution in [2.24, 2.45) is 0 Å². The third-order valence-corrected chi connectivity index (χ3v) is 4.43. The Labute approximate surface area is 139 Å². The average molecular weight is 323 g/mol. The van der Waals surface area contributed by atoms with Gasteiger partial charge in [-0.2, -0.15) is 0 Å². The van der Waals surface area contributed by atoms with Crippen molar-refractivity contribution >= 4 is 34.1 Å². The van der Waals surface area contributed by atoms with Gasteiger partial charge in [-0.25, -0.2) is 0 Å². The highest BCUT2D eigenvalue weighted by atomic mass is 35.5. The first-order chi connectivity index (χ1) is 11.2. The van der Waals surface area contributed by atoms with Gasteiger partial charge in [-0.1, -0.05) is 41.9 Å².